The van der Waals surface area contributed by atoms with Gasteiger partial charge in [0, 0.05) is 37.7 Å². The second-order valence-electron chi connectivity index (χ2n) is 7.99. The van der Waals surface area contributed by atoms with E-state index in [1.165, 1.54) is 0 Å². The normalized spacial score (nSPS) is 18.4. The number of halogens is 2. The third-order valence-corrected chi connectivity index (χ3v) is 6.58. The van der Waals surface area contributed by atoms with Gasteiger partial charge in [0.1, 0.15) is 5.82 Å². The lowest BCUT2D eigenvalue weighted by Gasteiger charge is -2.42. The minimum atomic E-state index is -0.116. The first kappa shape index (κ1) is 21.8. The Balaban J connectivity index is 1.56. The van der Waals surface area contributed by atoms with Crippen molar-refractivity contribution in [1.29, 1.82) is 0 Å². The molecule has 1 aromatic heterocycles. The average molecular weight is 459 g/mol. The smallest absolute Gasteiger partial charge is 0.261 e. The number of nitrogens with zero attached hydrogens (tertiary/aromatic N) is 4. The van der Waals surface area contributed by atoms with Crippen LogP contribution >= 0.6 is 23.2 Å². The summed E-state index contributed by atoms with van der Waals surface area (Å²) in [6.45, 7) is 6.00. The molecule has 4 rings (SSSR count). The van der Waals surface area contributed by atoms with Crippen molar-refractivity contribution in [1.82, 2.24) is 19.4 Å². The maximum Gasteiger partial charge on any atom is 0.261 e. The molecule has 1 saturated heterocycles. The summed E-state index contributed by atoms with van der Waals surface area (Å²) in [5, 5.41) is 1.49. The first-order valence-electron chi connectivity index (χ1n) is 10.2. The van der Waals surface area contributed by atoms with Crippen molar-refractivity contribution in [3.63, 3.8) is 0 Å². The van der Waals surface area contributed by atoms with Gasteiger partial charge in [0.25, 0.3) is 11.5 Å². The van der Waals surface area contributed by atoms with E-state index in [0.29, 0.717) is 52.0 Å². The predicted octanol–water partition coefficient (Wildman–Crippen LogP) is 4.15. The number of carbonyl (C=O) groups is 1. The first-order valence-corrected chi connectivity index (χ1v) is 11.0. The second kappa shape index (κ2) is 8.61. The molecule has 0 radical (unpaired) electrons. The molecule has 2 atom stereocenters. The number of piperazine rings is 1. The molecule has 1 aliphatic rings. The van der Waals surface area contributed by atoms with E-state index in [1.807, 2.05) is 30.9 Å². The van der Waals surface area contributed by atoms with Crippen molar-refractivity contribution in [3.8, 4) is 0 Å². The van der Waals surface area contributed by atoms with Crippen LogP contribution in [-0.4, -0.2) is 50.9 Å². The van der Waals surface area contributed by atoms with Crippen molar-refractivity contribution in [2.24, 2.45) is 7.05 Å². The number of benzene rings is 2. The zero-order valence-electron chi connectivity index (χ0n) is 17.7. The Labute approximate surface area is 191 Å². The fourth-order valence-corrected chi connectivity index (χ4v) is 4.61. The van der Waals surface area contributed by atoms with Crippen molar-refractivity contribution >= 4 is 40.0 Å². The molecule has 31 heavy (non-hydrogen) atoms. The lowest BCUT2D eigenvalue weighted by atomic mass is 10.1. The van der Waals surface area contributed by atoms with Gasteiger partial charge in [-0.2, -0.15) is 0 Å². The molecular weight excluding hydrogens is 435 g/mol. The largest absolute Gasteiger partial charge is 0.333 e. The van der Waals surface area contributed by atoms with E-state index in [9.17, 15) is 9.59 Å². The molecule has 2 unspecified atom stereocenters. The molecule has 0 spiro atoms. The third-order valence-electron chi connectivity index (χ3n) is 6.02. The van der Waals surface area contributed by atoms with Gasteiger partial charge in [0.2, 0.25) is 0 Å². The molecule has 6 nitrogen and oxygen atoms in total. The van der Waals surface area contributed by atoms with Gasteiger partial charge >= 0.3 is 0 Å². The number of hydrogen-bond acceptors (Lipinski definition) is 4. The van der Waals surface area contributed by atoms with E-state index in [-0.39, 0.29) is 23.6 Å². The molecule has 1 aliphatic heterocycles. The van der Waals surface area contributed by atoms with E-state index in [0.717, 1.165) is 0 Å². The molecule has 0 N–H and O–H groups in total. The molecular formula is C23H24Cl2N4O2. The Morgan fingerprint density at radius 3 is 2.61 bits per heavy atom. The molecule has 1 amide bonds. The zero-order chi connectivity index (χ0) is 22.3. The van der Waals surface area contributed by atoms with Crippen LogP contribution in [0.1, 0.15) is 36.1 Å². The minimum Gasteiger partial charge on any atom is -0.333 e. The Morgan fingerprint density at radius 1 is 1.16 bits per heavy atom. The van der Waals surface area contributed by atoms with Crippen LogP contribution in [0.5, 0.6) is 0 Å². The van der Waals surface area contributed by atoms with E-state index in [1.54, 1.807) is 41.9 Å². The molecule has 162 valence electrons. The van der Waals surface area contributed by atoms with Gasteiger partial charge in [0.15, 0.2) is 0 Å². The molecule has 1 fully saturated rings. The molecule has 0 saturated carbocycles. The fraction of sp³-hybridized carbons (Fsp3) is 0.348. The average Bonchev–Trinajstić information content (AvgIpc) is 2.76. The second-order valence-corrected chi connectivity index (χ2v) is 8.84. The Bertz CT molecular complexity index is 1210. The molecule has 3 aromatic rings. The summed E-state index contributed by atoms with van der Waals surface area (Å²) in [6, 6.07) is 12.2. The number of hydrogen-bond donors (Lipinski definition) is 0. The van der Waals surface area contributed by atoms with Gasteiger partial charge < -0.3 is 4.90 Å². The van der Waals surface area contributed by atoms with Crippen molar-refractivity contribution in [2.75, 3.05) is 19.6 Å². The quantitative estimate of drug-likeness (QED) is 0.591. The third kappa shape index (κ3) is 4.07. The highest BCUT2D eigenvalue weighted by molar-refractivity contribution is 6.33. The SMILES string of the molecule is CC(c1nc2ccc(Cl)cc2c(=O)n1C)N1CCN(C(=O)c2ccccc2Cl)C(C)C1. The summed E-state index contributed by atoms with van der Waals surface area (Å²) in [4.78, 5) is 34.7. The fourth-order valence-electron chi connectivity index (χ4n) is 4.23. The molecule has 8 heteroatoms. The summed E-state index contributed by atoms with van der Waals surface area (Å²) >= 11 is 12.3. The van der Waals surface area contributed by atoms with Crippen LogP contribution < -0.4 is 5.56 Å². The predicted molar refractivity (Wildman–Crippen MR) is 124 cm³/mol. The Morgan fingerprint density at radius 2 is 1.90 bits per heavy atom. The van der Waals surface area contributed by atoms with Crippen molar-refractivity contribution < 1.29 is 4.79 Å². The molecule has 0 aliphatic carbocycles. The van der Waals surface area contributed by atoms with E-state index in [4.69, 9.17) is 28.2 Å². The van der Waals surface area contributed by atoms with Crippen LogP contribution in [0.2, 0.25) is 10.0 Å². The van der Waals surface area contributed by atoms with Gasteiger partial charge in [-0.3, -0.25) is 19.1 Å². The monoisotopic (exact) mass is 458 g/mol. The summed E-state index contributed by atoms with van der Waals surface area (Å²) in [5.41, 5.74) is 1.04. The minimum absolute atomic E-state index is 0.00346. The van der Waals surface area contributed by atoms with E-state index >= 15 is 0 Å². The Kier molecular flexibility index (Phi) is 6.06. The zero-order valence-corrected chi connectivity index (χ0v) is 19.2. The Hall–Kier alpha value is -2.41. The number of fused-ring (bicyclic) bond motifs is 1. The highest BCUT2D eigenvalue weighted by Crippen LogP contribution is 2.25. The van der Waals surface area contributed by atoms with Gasteiger partial charge in [-0.15, -0.1) is 0 Å². The maximum atomic E-state index is 13.0. The van der Waals surface area contributed by atoms with Gasteiger partial charge in [-0.05, 0) is 44.2 Å². The number of amides is 1. The van der Waals surface area contributed by atoms with Crippen LogP contribution in [0.15, 0.2) is 47.3 Å². The van der Waals surface area contributed by atoms with Crippen LogP contribution in [0.4, 0.5) is 0 Å². The summed E-state index contributed by atoms with van der Waals surface area (Å²) in [7, 11) is 1.74. The maximum absolute atomic E-state index is 13.0. The van der Waals surface area contributed by atoms with Crippen LogP contribution in [0.25, 0.3) is 10.9 Å². The van der Waals surface area contributed by atoms with Crippen LogP contribution in [-0.2, 0) is 7.05 Å². The lowest BCUT2D eigenvalue weighted by Crippen LogP contribution is -2.54. The van der Waals surface area contributed by atoms with E-state index in [2.05, 4.69) is 4.90 Å². The van der Waals surface area contributed by atoms with Crippen molar-refractivity contribution in [2.45, 2.75) is 25.9 Å². The van der Waals surface area contributed by atoms with Gasteiger partial charge in [0.05, 0.1) is 27.5 Å². The van der Waals surface area contributed by atoms with E-state index < -0.39 is 0 Å². The summed E-state index contributed by atoms with van der Waals surface area (Å²) < 4.78 is 1.59. The first-order chi connectivity index (χ1) is 14.8. The highest BCUT2D eigenvalue weighted by Gasteiger charge is 2.32. The molecule has 2 aromatic carbocycles. The number of aromatic nitrogens is 2. The number of carbonyl (C=O) groups excluding carboxylic acids is 1. The number of rotatable bonds is 3. The summed E-state index contributed by atoms with van der Waals surface area (Å²) in [5.74, 6) is 0.636. The topological polar surface area (TPSA) is 58.4 Å². The lowest BCUT2D eigenvalue weighted by molar-refractivity contribution is 0.0392. The molecule has 0 bridgehead atoms. The van der Waals surface area contributed by atoms with Gasteiger partial charge in [-0.25, -0.2) is 4.98 Å². The standard InChI is InChI=1S/C23H24Cl2N4O2/c1-14-13-28(10-11-29(14)23(31)17-6-4-5-7-19(17)25)15(2)21-26-20-9-8-16(24)12-18(20)22(30)27(21)3/h4-9,12,14-15H,10-11,13H2,1-3H3. The van der Waals surface area contributed by atoms with Crippen LogP contribution in [0, 0.1) is 0 Å². The molecule has 2 heterocycles. The van der Waals surface area contributed by atoms with Gasteiger partial charge in [-0.1, -0.05) is 35.3 Å². The van der Waals surface area contributed by atoms with Crippen LogP contribution in [0.3, 0.4) is 0 Å². The highest BCUT2D eigenvalue weighted by atomic mass is 35.5. The van der Waals surface area contributed by atoms with Crippen molar-refractivity contribution in [3.05, 3.63) is 74.3 Å². The summed E-state index contributed by atoms with van der Waals surface area (Å²) in [6.07, 6.45) is 0.